The molecule has 2 aromatic carbocycles. The summed E-state index contributed by atoms with van der Waals surface area (Å²) in [5, 5.41) is 0. The van der Waals surface area contributed by atoms with E-state index in [0.29, 0.717) is 6.54 Å². The van der Waals surface area contributed by atoms with Crippen LogP contribution < -0.4 is 4.72 Å². The largest absolute Gasteiger partial charge is 0.308 e. The third-order valence-corrected chi connectivity index (χ3v) is 7.03. The maximum absolute atomic E-state index is 12.8. The van der Waals surface area contributed by atoms with Crippen LogP contribution in [0.15, 0.2) is 60.7 Å². The molecule has 4 rings (SSSR count). The Hall–Kier alpha value is -3.52. The lowest BCUT2D eigenvalue weighted by Gasteiger charge is -2.24. The molecule has 2 aromatic heterocycles. The molecule has 0 bridgehead atoms. The van der Waals surface area contributed by atoms with E-state index in [0.717, 1.165) is 57.6 Å². The van der Waals surface area contributed by atoms with Crippen LogP contribution in [-0.4, -0.2) is 35.1 Å². The average molecular weight is 505 g/mol. The minimum absolute atomic E-state index is 0.297. The molecule has 2 heterocycles. The van der Waals surface area contributed by atoms with E-state index in [1.165, 1.54) is 0 Å². The SMILES string of the molecule is CCc1nc2c(C)cc(C)nc2n1Cc1ccc([C@H](c2ccccc2)[C@H](C)C(=O)NS(C)(=O)=O)cc1. The van der Waals surface area contributed by atoms with Gasteiger partial charge in [0.15, 0.2) is 5.65 Å². The number of aryl methyl sites for hydroxylation is 3. The Morgan fingerprint density at radius 3 is 2.25 bits per heavy atom. The van der Waals surface area contributed by atoms with Gasteiger partial charge >= 0.3 is 0 Å². The number of sulfonamides is 1. The molecule has 7 nitrogen and oxygen atoms in total. The lowest BCUT2D eigenvalue weighted by molar-refractivity contribution is -0.123. The number of benzene rings is 2. The molecular formula is C28H32N4O3S. The van der Waals surface area contributed by atoms with Gasteiger partial charge in [0.05, 0.1) is 12.8 Å². The Morgan fingerprint density at radius 1 is 1.00 bits per heavy atom. The van der Waals surface area contributed by atoms with Crippen LogP contribution in [0, 0.1) is 19.8 Å². The molecule has 2 atom stereocenters. The van der Waals surface area contributed by atoms with E-state index >= 15 is 0 Å². The first-order valence-electron chi connectivity index (χ1n) is 12.1. The minimum Gasteiger partial charge on any atom is -0.308 e. The average Bonchev–Trinajstić information content (AvgIpc) is 3.17. The van der Waals surface area contributed by atoms with Crippen molar-refractivity contribution in [2.75, 3.05) is 6.26 Å². The zero-order valence-electron chi connectivity index (χ0n) is 21.3. The summed E-state index contributed by atoms with van der Waals surface area (Å²) in [6, 6.07) is 19.9. The van der Waals surface area contributed by atoms with Crippen molar-refractivity contribution in [3.8, 4) is 0 Å². The van der Waals surface area contributed by atoms with Crippen LogP contribution in [0.25, 0.3) is 11.2 Å². The first-order chi connectivity index (χ1) is 17.1. The first-order valence-corrected chi connectivity index (χ1v) is 13.9. The van der Waals surface area contributed by atoms with Crippen LogP contribution in [0.2, 0.25) is 0 Å². The third-order valence-electron chi connectivity index (χ3n) is 6.46. The van der Waals surface area contributed by atoms with Crippen molar-refractivity contribution < 1.29 is 13.2 Å². The predicted molar refractivity (Wildman–Crippen MR) is 142 cm³/mol. The summed E-state index contributed by atoms with van der Waals surface area (Å²) < 4.78 is 27.7. The molecule has 0 radical (unpaired) electrons. The van der Waals surface area contributed by atoms with Crippen molar-refractivity contribution in [2.24, 2.45) is 5.92 Å². The Labute approximate surface area is 212 Å². The summed E-state index contributed by atoms with van der Waals surface area (Å²) >= 11 is 0. The lowest BCUT2D eigenvalue weighted by atomic mass is 9.81. The second-order valence-corrected chi connectivity index (χ2v) is 11.1. The molecule has 1 amide bonds. The van der Waals surface area contributed by atoms with Gasteiger partial charge in [-0.15, -0.1) is 0 Å². The third kappa shape index (κ3) is 5.49. The molecule has 0 aliphatic rings. The Balaban J connectivity index is 1.68. The van der Waals surface area contributed by atoms with Gasteiger partial charge in [-0.1, -0.05) is 68.4 Å². The number of fused-ring (bicyclic) bond motifs is 1. The highest BCUT2D eigenvalue weighted by Crippen LogP contribution is 2.33. The van der Waals surface area contributed by atoms with E-state index in [4.69, 9.17) is 9.97 Å². The van der Waals surface area contributed by atoms with Crippen LogP contribution in [0.3, 0.4) is 0 Å². The Bertz CT molecular complexity index is 1490. The van der Waals surface area contributed by atoms with Gasteiger partial charge in [0.25, 0.3) is 0 Å². The van der Waals surface area contributed by atoms with Gasteiger partial charge in [-0.3, -0.25) is 9.52 Å². The van der Waals surface area contributed by atoms with Crippen molar-refractivity contribution >= 4 is 27.1 Å². The van der Waals surface area contributed by atoms with E-state index in [-0.39, 0.29) is 5.92 Å². The van der Waals surface area contributed by atoms with Crippen LogP contribution in [0.5, 0.6) is 0 Å². The fraction of sp³-hybridized carbons (Fsp3) is 0.321. The quantitative estimate of drug-likeness (QED) is 0.381. The molecule has 4 aromatic rings. The van der Waals surface area contributed by atoms with Gasteiger partial charge in [0.1, 0.15) is 11.3 Å². The zero-order chi connectivity index (χ0) is 26.0. The van der Waals surface area contributed by atoms with E-state index in [9.17, 15) is 13.2 Å². The predicted octanol–water partition coefficient (Wildman–Crippen LogP) is 4.50. The highest BCUT2D eigenvalue weighted by molar-refractivity contribution is 7.89. The van der Waals surface area contributed by atoms with Crippen molar-refractivity contribution in [3.63, 3.8) is 0 Å². The van der Waals surface area contributed by atoms with Crippen molar-refractivity contribution in [1.82, 2.24) is 19.3 Å². The molecule has 188 valence electrons. The maximum Gasteiger partial charge on any atom is 0.237 e. The molecule has 0 unspecified atom stereocenters. The van der Waals surface area contributed by atoms with E-state index in [1.807, 2.05) is 49.4 Å². The number of aromatic nitrogens is 3. The molecule has 0 aliphatic carbocycles. The van der Waals surface area contributed by atoms with Crippen LogP contribution >= 0.6 is 0 Å². The molecule has 0 spiro atoms. The fourth-order valence-electron chi connectivity index (χ4n) is 4.75. The van der Waals surface area contributed by atoms with Crippen molar-refractivity contribution in [1.29, 1.82) is 0 Å². The second-order valence-electron chi connectivity index (χ2n) is 9.38. The fourth-order valence-corrected chi connectivity index (χ4v) is 5.31. The van der Waals surface area contributed by atoms with Crippen molar-refractivity contribution in [2.45, 2.75) is 46.6 Å². The lowest BCUT2D eigenvalue weighted by Crippen LogP contribution is -2.36. The summed E-state index contributed by atoms with van der Waals surface area (Å²) in [5.74, 6) is -0.421. The maximum atomic E-state index is 12.8. The van der Waals surface area contributed by atoms with Gasteiger partial charge in [-0.05, 0) is 42.2 Å². The molecule has 0 aliphatic heterocycles. The summed E-state index contributed by atoms with van der Waals surface area (Å²) in [6.07, 6.45) is 1.79. The number of nitrogens with zero attached hydrogens (tertiary/aromatic N) is 3. The monoisotopic (exact) mass is 504 g/mol. The van der Waals surface area contributed by atoms with Crippen molar-refractivity contribution in [3.05, 3.63) is 94.4 Å². The molecule has 1 N–H and O–H groups in total. The molecule has 36 heavy (non-hydrogen) atoms. The molecule has 0 saturated carbocycles. The van der Waals surface area contributed by atoms with E-state index in [1.54, 1.807) is 6.92 Å². The number of amides is 1. The number of hydrogen-bond donors (Lipinski definition) is 1. The number of hydrogen-bond acceptors (Lipinski definition) is 5. The molecular weight excluding hydrogens is 472 g/mol. The van der Waals surface area contributed by atoms with Crippen LogP contribution in [0.1, 0.15) is 53.5 Å². The van der Waals surface area contributed by atoms with Gasteiger partial charge in [0.2, 0.25) is 15.9 Å². The number of carbonyl (C=O) groups is 1. The highest BCUT2D eigenvalue weighted by Gasteiger charge is 2.28. The van der Waals surface area contributed by atoms with Gasteiger partial charge in [-0.25, -0.2) is 18.4 Å². The summed E-state index contributed by atoms with van der Waals surface area (Å²) in [4.78, 5) is 22.4. The van der Waals surface area contributed by atoms with E-state index in [2.05, 4.69) is 41.3 Å². The minimum atomic E-state index is -3.65. The normalized spacial score (nSPS) is 13.5. The van der Waals surface area contributed by atoms with Gasteiger partial charge in [-0.2, -0.15) is 0 Å². The Kier molecular flexibility index (Phi) is 7.26. The smallest absolute Gasteiger partial charge is 0.237 e. The molecule has 8 heteroatoms. The highest BCUT2D eigenvalue weighted by atomic mass is 32.2. The number of rotatable bonds is 8. The van der Waals surface area contributed by atoms with Crippen LogP contribution in [-0.2, 0) is 27.8 Å². The summed E-state index contributed by atoms with van der Waals surface area (Å²) in [7, 11) is -3.65. The number of carbonyl (C=O) groups excluding carboxylic acids is 1. The summed E-state index contributed by atoms with van der Waals surface area (Å²) in [5.41, 5.74) is 6.89. The zero-order valence-corrected chi connectivity index (χ0v) is 22.1. The Morgan fingerprint density at radius 2 is 1.64 bits per heavy atom. The number of nitrogens with one attached hydrogen (secondary N) is 1. The van der Waals surface area contributed by atoms with Gasteiger partial charge < -0.3 is 4.57 Å². The standard InChI is InChI=1S/C28H32N4O3S/c1-6-24-30-26-18(2)16-19(3)29-27(26)32(24)17-21-12-14-23(15-13-21)25(22-10-8-7-9-11-22)20(4)28(33)31-36(5,34)35/h7-16,20,25H,6,17H2,1-5H3,(H,31,33)/t20-,25-/m0/s1. The molecule has 0 saturated heterocycles. The molecule has 0 fully saturated rings. The number of imidazole rings is 1. The topological polar surface area (TPSA) is 93.9 Å². The van der Waals surface area contributed by atoms with E-state index < -0.39 is 21.8 Å². The summed E-state index contributed by atoms with van der Waals surface area (Å²) in [6.45, 7) is 8.54. The number of pyridine rings is 1. The van der Waals surface area contributed by atoms with Gasteiger partial charge in [0, 0.05) is 24.0 Å². The first kappa shape index (κ1) is 25.6. The second kappa shape index (κ2) is 10.2. The van der Waals surface area contributed by atoms with Crippen LogP contribution in [0.4, 0.5) is 0 Å².